The van der Waals surface area contributed by atoms with Gasteiger partial charge in [-0.25, -0.2) is 0 Å². The molecule has 234 valence electrons. The van der Waals surface area contributed by atoms with Gasteiger partial charge in [0.25, 0.3) is 5.91 Å². The van der Waals surface area contributed by atoms with Crippen molar-refractivity contribution < 1.29 is 27.8 Å². The molecule has 2 heterocycles. The first-order chi connectivity index (χ1) is 20.9. The number of benzene rings is 2. The molecule has 0 bridgehead atoms. The summed E-state index contributed by atoms with van der Waals surface area (Å²) in [5.41, 5.74) is 0.650. The van der Waals surface area contributed by atoms with Crippen LogP contribution in [-0.2, 0) is 9.53 Å². The molecule has 4 rings (SSSR count). The summed E-state index contributed by atoms with van der Waals surface area (Å²) < 4.78 is 48.8. The number of amides is 1. The van der Waals surface area contributed by atoms with Crippen LogP contribution in [0.5, 0.6) is 0 Å². The number of carbonyl (C=O) groups is 1. The van der Waals surface area contributed by atoms with Gasteiger partial charge in [0.15, 0.2) is 0 Å². The summed E-state index contributed by atoms with van der Waals surface area (Å²) in [5.74, 6) is -4.63. The zero-order valence-corrected chi connectivity index (χ0v) is 24.5. The number of piperidine rings is 1. The standard InChI is InChI=1S/C32H37F3N6O3/c1-19(2)44-24(37)14-13-23(36)41-17-15-20(16-18-41)27(38)25-26(32(33,34)35)29(42)31(43)40-30(25)39-28(21-9-5-3-6-10-21)22-11-7-4-8-12-22/h3-14,19-20,26,28-29,36-39,42H,15-18H2,1-2H3,(H,40,43)/b14-13-,36-23?,37-24?,38-27?/t26-,29-/m1/s1. The fraction of sp³-hybridized carbons (Fsp3) is 0.375. The molecule has 2 aliphatic rings. The molecule has 0 saturated carbocycles. The maximum Gasteiger partial charge on any atom is 0.398 e. The van der Waals surface area contributed by atoms with Gasteiger partial charge in [-0.2, -0.15) is 13.2 Å². The molecule has 2 aromatic rings. The van der Waals surface area contributed by atoms with Gasteiger partial charge in [-0.05, 0) is 43.9 Å². The highest BCUT2D eigenvalue weighted by Gasteiger charge is 2.54. The van der Waals surface area contributed by atoms with Gasteiger partial charge in [-0.1, -0.05) is 60.7 Å². The molecule has 44 heavy (non-hydrogen) atoms. The van der Waals surface area contributed by atoms with E-state index in [1.807, 2.05) is 36.4 Å². The van der Waals surface area contributed by atoms with Gasteiger partial charge in [0.1, 0.15) is 23.7 Å². The Morgan fingerprint density at radius 3 is 2.05 bits per heavy atom. The van der Waals surface area contributed by atoms with Crippen LogP contribution in [0.15, 0.2) is 84.2 Å². The van der Waals surface area contributed by atoms with Crippen LogP contribution in [0.25, 0.3) is 0 Å². The molecule has 0 aromatic heterocycles. The Kier molecular flexibility index (Phi) is 10.3. The van der Waals surface area contributed by atoms with Crippen molar-refractivity contribution in [3.8, 4) is 0 Å². The van der Waals surface area contributed by atoms with Crippen LogP contribution in [0.4, 0.5) is 13.2 Å². The molecule has 0 unspecified atom stereocenters. The third kappa shape index (κ3) is 7.73. The average molecular weight is 611 g/mol. The van der Waals surface area contributed by atoms with Crippen LogP contribution in [0.2, 0.25) is 0 Å². The van der Waals surface area contributed by atoms with Crippen molar-refractivity contribution in [1.82, 2.24) is 15.5 Å². The largest absolute Gasteiger partial charge is 0.475 e. The highest BCUT2D eigenvalue weighted by molar-refractivity contribution is 6.04. The number of aliphatic hydroxyl groups is 1. The molecule has 1 saturated heterocycles. The van der Waals surface area contributed by atoms with Gasteiger partial charge in [-0.15, -0.1) is 0 Å². The topological polar surface area (TPSA) is 145 Å². The Morgan fingerprint density at radius 1 is 1.00 bits per heavy atom. The second kappa shape index (κ2) is 13.9. The number of aliphatic hydroxyl groups excluding tert-OH is 1. The Bertz CT molecular complexity index is 1380. The van der Waals surface area contributed by atoms with Crippen molar-refractivity contribution in [2.75, 3.05) is 13.1 Å². The zero-order valence-electron chi connectivity index (χ0n) is 24.5. The lowest BCUT2D eigenvalue weighted by molar-refractivity contribution is -0.192. The van der Waals surface area contributed by atoms with E-state index in [0.717, 1.165) is 11.1 Å². The lowest BCUT2D eigenvalue weighted by Crippen LogP contribution is -2.55. The summed E-state index contributed by atoms with van der Waals surface area (Å²) in [6, 6.07) is 17.4. The monoisotopic (exact) mass is 610 g/mol. The number of hydrogen-bond acceptors (Lipinski definition) is 7. The predicted octanol–water partition coefficient (Wildman–Crippen LogP) is 4.91. The summed E-state index contributed by atoms with van der Waals surface area (Å²) in [6.07, 6.45) is -4.24. The van der Waals surface area contributed by atoms with Crippen LogP contribution < -0.4 is 10.6 Å². The van der Waals surface area contributed by atoms with E-state index in [4.69, 9.17) is 21.0 Å². The van der Waals surface area contributed by atoms with E-state index < -0.39 is 41.6 Å². The summed E-state index contributed by atoms with van der Waals surface area (Å²) in [4.78, 5) is 14.4. The minimum Gasteiger partial charge on any atom is -0.475 e. The van der Waals surface area contributed by atoms with E-state index in [-0.39, 0.29) is 42.2 Å². The average Bonchev–Trinajstić information content (AvgIpc) is 2.99. The molecule has 2 atom stereocenters. The first-order valence-corrected chi connectivity index (χ1v) is 14.4. The first kappa shape index (κ1) is 32.5. The fourth-order valence-electron chi connectivity index (χ4n) is 5.46. The molecule has 2 aromatic carbocycles. The molecule has 12 heteroatoms. The van der Waals surface area contributed by atoms with Gasteiger partial charge >= 0.3 is 6.18 Å². The van der Waals surface area contributed by atoms with Crippen molar-refractivity contribution in [3.05, 3.63) is 95.3 Å². The smallest absolute Gasteiger partial charge is 0.398 e. The summed E-state index contributed by atoms with van der Waals surface area (Å²) >= 11 is 0. The van der Waals surface area contributed by atoms with Crippen molar-refractivity contribution in [1.29, 1.82) is 16.2 Å². The van der Waals surface area contributed by atoms with Crippen LogP contribution in [0, 0.1) is 28.1 Å². The number of carbonyl (C=O) groups excluding carboxylic acids is 1. The van der Waals surface area contributed by atoms with Gasteiger partial charge < -0.3 is 30.8 Å². The number of ether oxygens (including phenoxy) is 1. The van der Waals surface area contributed by atoms with Gasteiger partial charge in [-0.3, -0.25) is 15.6 Å². The fourth-order valence-corrected chi connectivity index (χ4v) is 5.46. The van der Waals surface area contributed by atoms with E-state index in [1.165, 1.54) is 12.2 Å². The lowest BCUT2D eigenvalue weighted by Gasteiger charge is -2.39. The molecule has 0 radical (unpaired) electrons. The minimum atomic E-state index is -5.00. The molecular formula is C32H37F3N6O3. The SMILES string of the molecule is CC(C)OC(=N)/C=C\C(=N)N1CCC(C(=N)C2=C(NC(c3ccccc3)c3ccccc3)NC(=O)[C@H](O)[C@@H]2C(F)(F)F)CC1. The zero-order chi connectivity index (χ0) is 32.0. The first-order valence-electron chi connectivity index (χ1n) is 14.4. The number of nitrogens with one attached hydrogen (secondary N) is 5. The Hall–Kier alpha value is -4.45. The van der Waals surface area contributed by atoms with E-state index in [9.17, 15) is 23.1 Å². The third-order valence-electron chi connectivity index (χ3n) is 7.61. The summed E-state index contributed by atoms with van der Waals surface area (Å²) in [5, 5.41) is 41.2. The van der Waals surface area contributed by atoms with Crippen molar-refractivity contribution >= 4 is 23.4 Å². The minimum absolute atomic E-state index is 0.0891. The number of hydrogen-bond donors (Lipinski definition) is 6. The van der Waals surface area contributed by atoms with E-state index >= 15 is 0 Å². The van der Waals surface area contributed by atoms with Crippen LogP contribution >= 0.6 is 0 Å². The Morgan fingerprint density at radius 2 is 1.55 bits per heavy atom. The highest BCUT2D eigenvalue weighted by atomic mass is 19.4. The third-order valence-corrected chi connectivity index (χ3v) is 7.61. The van der Waals surface area contributed by atoms with Gasteiger partial charge in [0, 0.05) is 36.4 Å². The van der Waals surface area contributed by atoms with Crippen molar-refractivity contribution in [3.63, 3.8) is 0 Å². The number of alkyl halides is 3. The van der Waals surface area contributed by atoms with Crippen molar-refractivity contribution in [2.24, 2.45) is 11.8 Å². The molecule has 0 spiro atoms. The quantitative estimate of drug-likeness (QED) is 0.177. The number of likely N-dealkylation sites (tertiary alicyclic amines) is 1. The van der Waals surface area contributed by atoms with Crippen LogP contribution in [-0.4, -0.2) is 64.8 Å². The predicted molar refractivity (Wildman–Crippen MR) is 161 cm³/mol. The Balaban J connectivity index is 1.64. The molecule has 6 N–H and O–H groups in total. The second-order valence-corrected chi connectivity index (χ2v) is 11.1. The molecule has 0 aliphatic carbocycles. The van der Waals surface area contributed by atoms with Crippen LogP contribution in [0.3, 0.4) is 0 Å². The molecule has 1 fully saturated rings. The van der Waals surface area contributed by atoms with E-state index in [1.54, 1.807) is 43.0 Å². The number of halogens is 3. The van der Waals surface area contributed by atoms with Gasteiger partial charge in [0.05, 0.1) is 12.1 Å². The summed E-state index contributed by atoms with van der Waals surface area (Å²) in [6.45, 7) is 4.17. The van der Waals surface area contributed by atoms with E-state index in [2.05, 4.69) is 10.6 Å². The molecule has 2 aliphatic heterocycles. The molecule has 1 amide bonds. The molecular weight excluding hydrogens is 573 g/mol. The van der Waals surface area contributed by atoms with Gasteiger partial charge in [0.2, 0.25) is 5.90 Å². The number of amidine groups is 1. The van der Waals surface area contributed by atoms with E-state index in [0.29, 0.717) is 13.1 Å². The maximum atomic E-state index is 14.5. The normalized spacial score (nSPS) is 19.8. The second-order valence-electron chi connectivity index (χ2n) is 11.1. The highest BCUT2D eigenvalue weighted by Crippen LogP contribution is 2.41. The maximum absolute atomic E-state index is 14.5. The lowest BCUT2D eigenvalue weighted by atomic mass is 9.78. The number of nitrogens with zero attached hydrogens (tertiary/aromatic N) is 1. The number of rotatable bonds is 9. The van der Waals surface area contributed by atoms with Crippen molar-refractivity contribution in [2.45, 2.75) is 51.1 Å². The Labute approximate surface area is 254 Å². The summed E-state index contributed by atoms with van der Waals surface area (Å²) in [7, 11) is 0. The molecule has 9 nitrogen and oxygen atoms in total. The van der Waals surface area contributed by atoms with Crippen LogP contribution in [0.1, 0.15) is 43.9 Å².